The Labute approximate surface area is 181 Å². The molecular formula is C19H21BrClFN4O3. The fourth-order valence-electron chi connectivity index (χ4n) is 3.66. The number of halogens is 3. The van der Waals surface area contributed by atoms with Crippen molar-refractivity contribution in [3.05, 3.63) is 27.7 Å². The van der Waals surface area contributed by atoms with Crippen LogP contribution in [0.25, 0.3) is 10.9 Å². The van der Waals surface area contributed by atoms with E-state index in [9.17, 15) is 9.18 Å². The molecule has 29 heavy (non-hydrogen) atoms. The molecule has 10 heteroatoms. The van der Waals surface area contributed by atoms with Gasteiger partial charge in [0, 0.05) is 11.9 Å². The standard InChI is InChI=1S/C19H21BrClFN4O3/c1-18(2,3)29-17(27)26-9-19(10-26)8-25(6-7-28-19)15-11-4-5-12(20)13(22)14(11)23-16(21)24-15/h4-5H,6-10H2,1-3H3. The normalized spacial score (nSPS) is 18.8. The first-order valence-corrected chi connectivity index (χ1v) is 10.4. The van der Waals surface area contributed by atoms with E-state index < -0.39 is 17.0 Å². The lowest BCUT2D eigenvalue weighted by molar-refractivity contribution is -0.144. The first kappa shape index (κ1) is 20.6. The Balaban J connectivity index is 1.56. The van der Waals surface area contributed by atoms with Gasteiger partial charge in [0.25, 0.3) is 0 Å². The molecule has 0 unspecified atom stereocenters. The van der Waals surface area contributed by atoms with Crippen molar-refractivity contribution in [2.45, 2.75) is 32.0 Å². The average molecular weight is 488 g/mol. The lowest BCUT2D eigenvalue weighted by atomic mass is 9.92. The zero-order valence-corrected chi connectivity index (χ0v) is 18.7. The summed E-state index contributed by atoms with van der Waals surface area (Å²) in [7, 11) is 0. The Morgan fingerprint density at radius 2 is 2.03 bits per heavy atom. The van der Waals surface area contributed by atoms with Gasteiger partial charge >= 0.3 is 6.09 Å². The van der Waals surface area contributed by atoms with E-state index in [1.165, 1.54) is 0 Å². The monoisotopic (exact) mass is 486 g/mol. The van der Waals surface area contributed by atoms with Crippen molar-refractivity contribution < 1.29 is 18.7 Å². The second kappa shape index (κ2) is 7.21. The van der Waals surface area contributed by atoms with Crippen molar-refractivity contribution in [1.29, 1.82) is 0 Å². The molecule has 3 heterocycles. The van der Waals surface area contributed by atoms with Crippen LogP contribution in [-0.4, -0.2) is 64.9 Å². The van der Waals surface area contributed by atoms with E-state index >= 15 is 0 Å². The first-order chi connectivity index (χ1) is 13.6. The third kappa shape index (κ3) is 4.00. The number of aromatic nitrogens is 2. The Morgan fingerprint density at radius 3 is 2.72 bits per heavy atom. The van der Waals surface area contributed by atoms with Crippen LogP contribution < -0.4 is 4.90 Å². The summed E-state index contributed by atoms with van der Waals surface area (Å²) in [5, 5.41) is 0.560. The van der Waals surface area contributed by atoms with E-state index in [1.807, 2.05) is 25.7 Å². The quantitative estimate of drug-likeness (QED) is 0.566. The molecule has 0 atom stereocenters. The van der Waals surface area contributed by atoms with Crippen molar-refractivity contribution in [2.75, 3.05) is 37.7 Å². The Hall–Kier alpha value is -1.71. The van der Waals surface area contributed by atoms with Gasteiger partial charge in [0.1, 0.15) is 22.5 Å². The number of carbonyl (C=O) groups excluding carboxylic acids is 1. The van der Waals surface area contributed by atoms with Crippen LogP contribution in [0.3, 0.4) is 0 Å². The average Bonchev–Trinajstić information content (AvgIpc) is 2.61. The number of hydrogen-bond acceptors (Lipinski definition) is 6. The molecule has 2 aliphatic heterocycles. The minimum Gasteiger partial charge on any atom is -0.444 e. The maximum Gasteiger partial charge on any atom is 0.410 e. The number of anilines is 1. The summed E-state index contributed by atoms with van der Waals surface area (Å²) in [5.74, 6) is 0.0839. The molecule has 0 N–H and O–H groups in total. The van der Waals surface area contributed by atoms with Crippen molar-refractivity contribution >= 4 is 50.3 Å². The van der Waals surface area contributed by atoms with Crippen LogP contribution in [-0.2, 0) is 9.47 Å². The predicted octanol–water partition coefficient (Wildman–Crippen LogP) is 4.01. The van der Waals surface area contributed by atoms with E-state index in [2.05, 4.69) is 25.9 Å². The van der Waals surface area contributed by atoms with Crippen molar-refractivity contribution in [3.63, 3.8) is 0 Å². The van der Waals surface area contributed by atoms with E-state index in [4.69, 9.17) is 21.1 Å². The summed E-state index contributed by atoms with van der Waals surface area (Å²) in [5.41, 5.74) is -0.889. The molecule has 0 saturated carbocycles. The summed E-state index contributed by atoms with van der Waals surface area (Å²) in [6.45, 7) is 7.90. The van der Waals surface area contributed by atoms with Crippen LogP contribution in [0.15, 0.2) is 16.6 Å². The molecule has 2 aromatic rings. The number of ether oxygens (including phenoxy) is 2. The van der Waals surface area contributed by atoms with Crippen LogP contribution in [0.4, 0.5) is 15.0 Å². The zero-order valence-electron chi connectivity index (χ0n) is 16.3. The molecule has 2 aliphatic rings. The molecule has 1 spiro atoms. The third-order valence-electron chi connectivity index (χ3n) is 4.87. The number of amides is 1. The maximum absolute atomic E-state index is 14.5. The third-order valence-corrected chi connectivity index (χ3v) is 5.65. The fraction of sp³-hybridized carbons (Fsp3) is 0.526. The molecular weight excluding hydrogens is 467 g/mol. The van der Waals surface area contributed by atoms with Crippen LogP contribution in [0, 0.1) is 5.82 Å². The van der Waals surface area contributed by atoms with E-state index in [-0.39, 0.29) is 16.9 Å². The highest BCUT2D eigenvalue weighted by molar-refractivity contribution is 9.10. The number of nitrogens with zero attached hydrogens (tertiary/aromatic N) is 4. The molecule has 1 aromatic heterocycles. The number of benzene rings is 1. The lowest BCUT2D eigenvalue weighted by Crippen LogP contribution is -2.71. The van der Waals surface area contributed by atoms with Crippen LogP contribution in [0.5, 0.6) is 0 Å². The number of hydrogen-bond donors (Lipinski definition) is 0. The van der Waals surface area contributed by atoms with Gasteiger partial charge in [-0.25, -0.2) is 14.2 Å². The smallest absolute Gasteiger partial charge is 0.410 e. The molecule has 2 saturated heterocycles. The van der Waals surface area contributed by atoms with E-state index in [0.29, 0.717) is 48.5 Å². The Morgan fingerprint density at radius 1 is 1.31 bits per heavy atom. The van der Waals surface area contributed by atoms with Gasteiger partial charge in [-0.2, -0.15) is 4.98 Å². The van der Waals surface area contributed by atoms with Crippen LogP contribution in [0.1, 0.15) is 20.8 Å². The molecule has 1 aromatic carbocycles. The number of morpholine rings is 1. The summed E-state index contributed by atoms with van der Waals surface area (Å²) in [4.78, 5) is 24.3. The molecule has 0 radical (unpaired) electrons. The first-order valence-electron chi connectivity index (χ1n) is 9.25. The SMILES string of the molecule is CC(C)(C)OC(=O)N1CC2(C1)CN(c1nc(Cl)nc3c(F)c(Br)ccc13)CCO2. The van der Waals surface area contributed by atoms with Gasteiger partial charge in [-0.3, -0.25) is 0 Å². The largest absolute Gasteiger partial charge is 0.444 e. The zero-order chi connectivity index (χ0) is 21.0. The number of likely N-dealkylation sites (tertiary alicyclic amines) is 1. The van der Waals surface area contributed by atoms with Gasteiger partial charge < -0.3 is 19.3 Å². The maximum atomic E-state index is 14.5. The van der Waals surface area contributed by atoms with Crippen LogP contribution in [0.2, 0.25) is 5.28 Å². The van der Waals surface area contributed by atoms with Crippen LogP contribution >= 0.6 is 27.5 Å². The molecule has 4 rings (SSSR count). The van der Waals surface area contributed by atoms with Gasteiger partial charge in [0.15, 0.2) is 5.82 Å². The molecule has 156 valence electrons. The molecule has 1 amide bonds. The summed E-state index contributed by atoms with van der Waals surface area (Å²) in [6.07, 6.45) is -0.355. The summed E-state index contributed by atoms with van der Waals surface area (Å²) < 4.78 is 26.3. The van der Waals surface area contributed by atoms with E-state index in [1.54, 1.807) is 17.0 Å². The highest BCUT2D eigenvalue weighted by Crippen LogP contribution is 2.36. The van der Waals surface area contributed by atoms with E-state index in [0.717, 1.165) is 0 Å². The molecule has 0 aliphatic carbocycles. The predicted molar refractivity (Wildman–Crippen MR) is 111 cm³/mol. The summed E-state index contributed by atoms with van der Waals surface area (Å²) >= 11 is 9.26. The number of fused-ring (bicyclic) bond motifs is 1. The second-order valence-electron chi connectivity index (χ2n) is 8.36. The van der Waals surface area contributed by atoms with Gasteiger partial charge in [-0.15, -0.1) is 0 Å². The van der Waals surface area contributed by atoms with Crippen molar-refractivity contribution in [1.82, 2.24) is 14.9 Å². The summed E-state index contributed by atoms with van der Waals surface area (Å²) in [6, 6.07) is 3.40. The molecule has 0 bridgehead atoms. The molecule has 7 nitrogen and oxygen atoms in total. The van der Waals surface area contributed by atoms with Gasteiger partial charge in [-0.1, -0.05) is 0 Å². The number of rotatable bonds is 1. The lowest BCUT2D eigenvalue weighted by Gasteiger charge is -2.53. The van der Waals surface area contributed by atoms with Crippen molar-refractivity contribution in [3.8, 4) is 0 Å². The molecule has 2 fully saturated rings. The van der Waals surface area contributed by atoms with Crippen molar-refractivity contribution in [2.24, 2.45) is 0 Å². The highest BCUT2D eigenvalue weighted by atomic mass is 79.9. The topological polar surface area (TPSA) is 67.8 Å². The van der Waals surface area contributed by atoms with Gasteiger partial charge in [0.05, 0.1) is 30.7 Å². The minimum absolute atomic E-state index is 0.0194. The van der Waals surface area contributed by atoms with Gasteiger partial charge in [-0.05, 0) is 60.4 Å². The fourth-order valence-corrected chi connectivity index (χ4v) is 4.14. The second-order valence-corrected chi connectivity index (χ2v) is 9.56. The Kier molecular flexibility index (Phi) is 5.11. The highest BCUT2D eigenvalue weighted by Gasteiger charge is 2.50. The minimum atomic E-state index is -0.547. The Bertz CT molecular complexity index is 978. The van der Waals surface area contributed by atoms with Gasteiger partial charge in [0.2, 0.25) is 5.28 Å². The number of carbonyl (C=O) groups is 1.